The number of Topliss-reactive ketones (excluding diaryl/α,β-unsaturated/α-hetero) is 1. The topological polar surface area (TPSA) is 49.8 Å². The summed E-state index contributed by atoms with van der Waals surface area (Å²) in [6.07, 6.45) is 0.586. The molecule has 1 aromatic carbocycles. The molecule has 0 spiro atoms. The predicted molar refractivity (Wildman–Crippen MR) is 73.5 cm³/mol. The van der Waals surface area contributed by atoms with Gasteiger partial charge < -0.3 is 9.84 Å². The first-order valence-electron chi connectivity index (χ1n) is 6.77. The van der Waals surface area contributed by atoms with Crippen LogP contribution in [0.1, 0.15) is 36.2 Å². The first-order valence-corrected chi connectivity index (χ1v) is 6.77. The maximum absolute atomic E-state index is 11.5. The van der Waals surface area contributed by atoms with E-state index < -0.39 is 0 Å². The van der Waals surface area contributed by atoms with Crippen molar-refractivity contribution in [2.45, 2.75) is 32.9 Å². The second-order valence-corrected chi connectivity index (χ2v) is 4.99. The van der Waals surface area contributed by atoms with Gasteiger partial charge in [0.15, 0.2) is 5.78 Å². The van der Waals surface area contributed by atoms with Gasteiger partial charge in [-0.15, -0.1) is 0 Å². The minimum atomic E-state index is -0.230. The quantitative estimate of drug-likeness (QED) is 0.824. The van der Waals surface area contributed by atoms with Crippen LogP contribution in [0.5, 0.6) is 5.75 Å². The molecule has 1 atom stereocenters. The number of ketones is 1. The van der Waals surface area contributed by atoms with E-state index >= 15 is 0 Å². The molecule has 0 radical (unpaired) electrons. The van der Waals surface area contributed by atoms with Gasteiger partial charge in [-0.3, -0.25) is 9.69 Å². The lowest BCUT2D eigenvalue weighted by atomic mass is 10.1. The highest BCUT2D eigenvalue weighted by atomic mass is 16.5. The number of carbonyl (C=O) groups excluding carboxylic acids is 1. The number of aliphatic hydroxyl groups excluding tert-OH is 1. The Balaban J connectivity index is 2.19. The average Bonchev–Trinajstić information content (AvgIpc) is 2.77. The third-order valence-electron chi connectivity index (χ3n) is 3.41. The van der Waals surface area contributed by atoms with Gasteiger partial charge in [0, 0.05) is 30.8 Å². The zero-order chi connectivity index (χ0) is 13.8. The fraction of sp³-hybridized carbons (Fsp3) is 0.533. The van der Waals surface area contributed by atoms with Crippen molar-refractivity contribution in [1.82, 2.24) is 4.90 Å². The standard InChI is InChI=1S/C15H21NO3/c1-3-19-15-5-4-12(11(2)17)8-13(15)9-16-7-6-14(18)10-16/h4-5,8,14,18H,3,6-7,9-10H2,1-2H3/t14-/m0/s1. The third kappa shape index (κ3) is 3.55. The van der Waals surface area contributed by atoms with Gasteiger partial charge in [-0.25, -0.2) is 0 Å². The van der Waals surface area contributed by atoms with Gasteiger partial charge in [-0.05, 0) is 38.5 Å². The number of β-amino-alcohol motifs (C(OH)–C–C–N with tert-alkyl or cyclic N) is 1. The Morgan fingerprint density at radius 2 is 2.32 bits per heavy atom. The summed E-state index contributed by atoms with van der Waals surface area (Å²) in [4.78, 5) is 13.6. The molecule has 1 saturated heterocycles. The molecule has 4 heteroatoms. The minimum absolute atomic E-state index is 0.0609. The van der Waals surface area contributed by atoms with E-state index in [1.54, 1.807) is 13.0 Å². The monoisotopic (exact) mass is 263 g/mol. The largest absolute Gasteiger partial charge is 0.494 e. The number of benzene rings is 1. The van der Waals surface area contributed by atoms with Crippen molar-refractivity contribution in [3.05, 3.63) is 29.3 Å². The first-order chi connectivity index (χ1) is 9.10. The lowest BCUT2D eigenvalue weighted by molar-refractivity contribution is 0.101. The molecule has 0 aliphatic carbocycles. The molecule has 0 aromatic heterocycles. The van der Waals surface area contributed by atoms with E-state index in [0.29, 0.717) is 25.3 Å². The Bertz CT molecular complexity index is 459. The Hall–Kier alpha value is -1.39. The van der Waals surface area contributed by atoms with Crippen molar-refractivity contribution in [3.8, 4) is 5.75 Å². The zero-order valence-corrected chi connectivity index (χ0v) is 11.6. The van der Waals surface area contributed by atoms with Crippen LogP contribution in [0.15, 0.2) is 18.2 Å². The molecule has 0 amide bonds. The number of aliphatic hydroxyl groups is 1. The molecule has 1 aliphatic heterocycles. The molecular weight excluding hydrogens is 242 g/mol. The van der Waals surface area contributed by atoms with Crippen LogP contribution in [-0.2, 0) is 6.54 Å². The zero-order valence-electron chi connectivity index (χ0n) is 11.6. The normalized spacial score (nSPS) is 19.6. The second-order valence-electron chi connectivity index (χ2n) is 4.99. The molecule has 1 aromatic rings. The Morgan fingerprint density at radius 3 is 2.89 bits per heavy atom. The number of carbonyl (C=O) groups is 1. The van der Waals surface area contributed by atoms with Crippen molar-refractivity contribution >= 4 is 5.78 Å². The minimum Gasteiger partial charge on any atom is -0.494 e. The summed E-state index contributed by atoms with van der Waals surface area (Å²) in [6.45, 7) is 6.41. The molecule has 1 heterocycles. The predicted octanol–water partition coefficient (Wildman–Crippen LogP) is 1.85. The second kappa shape index (κ2) is 6.17. The number of likely N-dealkylation sites (tertiary alicyclic amines) is 1. The van der Waals surface area contributed by atoms with E-state index in [2.05, 4.69) is 4.90 Å². The third-order valence-corrected chi connectivity index (χ3v) is 3.41. The first kappa shape index (κ1) is 14.0. The number of hydrogen-bond donors (Lipinski definition) is 1. The maximum atomic E-state index is 11.5. The number of ether oxygens (including phenoxy) is 1. The summed E-state index contributed by atoms with van der Waals surface area (Å²) in [7, 11) is 0. The number of rotatable bonds is 5. The van der Waals surface area contributed by atoms with E-state index in [0.717, 1.165) is 24.3 Å². The van der Waals surface area contributed by atoms with Crippen LogP contribution in [0.3, 0.4) is 0 Å². The van der Waals surface area contributed by atoms with Gasteiger partial charge in [0.05, 0.1) is 12.7 Å². The van der Waals surface area contributed by atoms with Crippen molar-refractivity contribution in [3.63, 3.8) is 0 Å². The van der Waals surface area contributed by atoms with Crippen molar-refractivity contribution in [2.24, 2.45) is 0 Å². The molecule has 0 unspecified atom stereocenters. The van der Waals surface area contributed by atoms with E-state index in [9.17, 15) is 9.90 Å². The van der Waals surface area contributed by atoms with Crippen molar-refractivity contribution in [1.29, 1.82) is 0 Å². The average molecular weight is 263 g/mol. The smallest absolute Gasteiger partial charge is 0.159 e. The highest BCUT2D eigenvalue weighted by molar-refractivity contribution is 5.94. The molecule has 1 fully saturated rings. The van der Waals surface area contributed by atoms with E-state index in [4.69, 9.17) is 4.74 Å². The van der Waals surface area contributed by atoms with Gasteiger partial charge in [0.2, 0.25) is 0 Å². The van der Waals surface area contributed by atoms with Crippen molar-refractivity contribution < 1.29 is 14.6 Å². The maximum Gasteiger partial charge on any atom is 0.159 e. The van der Waals surface area contributed by atoms with E-state index in [1.165, 1.54) is 0 Å². The Kier molecular flexibility index (Phi) is 4.56. The number of hydrogen-bond acceptors (Lipinski definition) is 4. The summed E-state index contributed by atoms with van der Waals surface area (Å²) in [5, 5.41) is 9.57. The molecular formula is C15H21NO3. The van der Waals surface area contributed by atoms with Crippen molar-refractivity contribution in [2.75, 3.05) is 19.7 Å². The molecule has 1 N–H and O–H groups in total. The van der Waals surface area contributed by atoms with Crippen LogP contribution in [0.25, 0.3) is 0 Å². The molecule has 19 heavy (non-hydrogen) atoms. The summed E-state index contributed by atoms with van der Waals surface area (Å²) >= 11 is 0. The number of nitrogens with zero attached hydrogens (tertiary/aromatic N) is 1. The summed E-state index contributed by atoms with van der Waals surface area (Å²) in [5.74, 6) is 0.889. The van der Waals surface area contributed by atoms with E-state index in [-0.39, 0.29) is 11.9 Å². The van der Waals surface area contributed by atoms with Crippen LogP contribution in [0, 0.1) is 0 Å². The van der Waals surface area contributed by atoms with Crippen LogP contribution in [0.2, 0.25) is 0 Å². The lowest BCUT2D eigenvalue weighted by Gasteiger charge is -2.18. The van der Waals surface area contributed by atoms with Crippen LogP contribution < -0.4 is 4.74 Å². The SMILES string of the molecule is CCOc1ccc(C(C)=O)cc1CN1CC[C@H](O)C1. The van der Waals surface area contributed by atoms with Gasteiger partial charge in [0.1, 0.15) is 5.75 Å². The van der Waals surface area contributed by atoms with Gasteiger partial charge in [0.25, 0.3) is 0 Å². The molecule has 0 bridgehead atoms. The Morgan fingerprint density at radius 1 is 1.53 bits per heavy atom. The van der Waals surface area contributed by atoms with Crippen LogP contribution in [0.4, 0.5) is 0 Å². The molecule has 104 valence electrons. The van der Waals surface area contributed by atoms with Crippen LogP contribution >= 0.6 is 0 Å². The van der Waals surface area contributed by atoms with E-state index in [1.807, 2.05) is 19.1 Å². The Labute approximate surface area is 114 Å². The fourth-order valence-corrected chi connectivity index (χ4v) is 2.42. The highest BCUT2D eigenvalue weighted by Crippen LogP contribution is 2.24. The van der Waals surface area contributed by atoms with Gasteiger partial charge in [-0.2, -0.15) is 0 Å². The van der Waals surface area contributed by atoms with Crippen LogP contribution in [-0.4, -0.2) is 41.6 Å². The molecule has 0 saturated carbocycles. The molecule has 2 rings (SSSR count). The summed E-state index contributed by atoms with van der Waals surface area (Å²) in [6, 6.07) is 5.57. The summed E-state index contributed by atoms with van der Waals surface area (Å²) in [5.41, 5.74) is 1.72. The summed E-state index contributed by atoms with van der Waals surface area (Å²) < 4.78 is 5.61. The fourth-order valence-electron chi connectivity index (χ4n) is 2.42. The van der Waals surface area contributed by atoms with Gasteiger partial charge >= 0.3 is 0 Å². The lowest BCUT2D eigenvalue weighted by Crippen LogP contribution is -2.22. The van der Waals surface area contributed by atoms with Gasteiger partial charge in [-0.1, -0.05) is 0 Å². The molecule has 4 nitrogen and oxygen atoms in total. The highest BCUT2D eigenvalue weighted by Gasteiger charge is 2.21. The molecule has 1 aliphatic rings.